The number of nitrogens with one attached hydrogen (secondary N) is 2. The highest BCUT2D eigenvalue weighted by Gasteiger charge is 2.21. The molecule has 0 saturated heterocycles. The van der Waals surface area contributed by atoms with Crippen LogP contribution in [0.5, 0.6) is 11.5 Å². The number of hydrogen-bond donors (Lipinski definition) is 2. The third kappa shape index (κ3) is 6.82. The van der Waals surface area contributed by atoms with Crippen molar-refractivity contribution in [2.24, 2.45) is 0 Å². The van der Waals surface area contributed by atoms with Crippen LogP contribution >= 0.6 is 0 Å². The van der Waals surface area contributed by atoms with Gasteiger partial charge in [-0.1, -0.05) is 6.07 Å². The Labute approximate surface area is 156 Å². The number of benzene rings is 1. The standard InChI is InChI=1S/C19H31N3O4/c1-13(20-18(24)21-19(2,3)4)17(23)22(5)11-10-14-8-9-15(25-6)16(12-14)26-7/h8-9,12-13H,10-11H2,1-7H3,(H2,20,21,24). The van der Waals surface area contributed by atoms with Gasteiger partial charge in [-0.3, -0.25) is 4.79 Å². The van der Waals surface area contributed by atoms with Gasteiger partial charge in [0, 0.05) is 19.1 Å². The van der Waals surface area contributed by atoms with E-state index in [4.69, 9.17) is 9.47 Å². The predicted octanol–water partition coefficient (Wildman–Crippen LogP) is 2.19. The number of carbonyl (C=O) groups is 2. The molecule has 1 aromatic carbocycles. The summed E-state index contributed by atoms with van der Waals surface area (Å²) in [6.45, 7) is 7.86. The summed E-state index contributed by atoms with van der Waals surface area (Å²) < 4.78 is 10.5. The molecule has 1 aromatic rings. The summed E-state index contributed by atoms with van der Waals surface area (Å²) in [4.78, 5) is 25.9. The molecular formula is C19H31N3O4. The SMILES string of the molecule is COc1ccc(CCN(C)C(=O)C(C)NC(=O)NC(C)(C)C)cc1OC. The van der Waals surface area contributed by atoms with Crippen molar-refractivity contribution < 1.29 is 19.1 Å². The Bertz CT molecular complexity index is 626. The molecule has 1 unspecified atom stereocenters. The lowest BCUT2D eigenvalue weighted by atomic mass is 10.1. The minimum atomic E-state index is -0.604. The van der Waals surface area contributed by atoms with Crippen molar-refractivity contribution in [1.29, 1.82) is 0 Å². The second-order valence-electron chi connectivity index (χ2n) is 7.27. The lowest BCUT2D eigenvalue weighted by molar-refractivity contribution is -0.131. The van der Waals surface area contributed by atoms with Crippen LogP contribution in [0.2, 0.25) is 0 Å². The number of urea groups is 1. The van der Waals surface area contributed by atoms with Crippen molar-refractivity contribution in [3.05, 3.63) is 23.8 Å². The second kappa shape index (κ2) is 9.31. The fourth-order valence-corrected chi connectivity index (χ4v) is 2.41. The highest BCUT2D eigenvalue weighted by atomic mass is 16.5. The van der Waals surface area contributed by atoms with Gasteiger partial charge in [-0.25, -0.2) is 4.79 Å². The van der Waals surface area contributed by atoms with Crippen molar-refractivity contribution in [2.75, 3.05) is 27.8 Å². The van der Waals surface area contributed by atoms with E-state index < -0.39 is 6.04 Å². The molecule has 0 heterocycles. The Balaban J connectivity index is 2.57. The van der Waals surface area contributed by atoms with E-state index in [1.165, 1.54) is 0 Å². The number of methoxy groups -OCH3 is 2. The number of nitrogens with zero attached hydrogens (tertiary/aromatic N) is 1. The molecule has 1 atom stereocenters. The van der Waals surface area contributed by atoms with Crippen LogP contribution in [0.25, 0.3) is 0 Å². The van der Waals surface area contributed by atoms with Crippen LogP contribution in [-0.4, -0.2) is 56.2 Å². The fourth-order valence-electron chi connectivity index (χ4n) is 2.41. The van der Waals surface area contributed by atoms with Gasteiger partial charge in [0.15, 0.2) is 11.5 Å². The summed E-state index contributed by atoms with van der Waals surface area (Å²) >= 11 is 0. The summed E-state index contributed by atoms with van der Waals surface area (Å²) in [6, 6.07) is 4.73. The Hall–Kier alpha value is -2.44. The van der Waals surface area contributed by atoms with Crippen molar-refractivity contribution in [1.82, 2.24) is 15.5 Å². The average molecular weight is 365 g/mol. The highest BCUT2D eigenvalue weighted by Crippen LogP contribution is 2.27. The molecule has 0 bridgehead atoms. The first-order valence-corrected chi connectivity index (χ1v) is 8.62. The zero-order valence-corrected chi connectivity index (χ0v) is 16.8. The third-order valence-corrected chi connectivity index (χ3v) is 3.77. The highest BCUT2D eigenvalue weighted by molar-refractivity contribution is 5.86. The largest absolute Gasteiger partial charge is 0.493 e. The molecule has 7 nitrogen and oxygen atoms in total. The molecule has 0 radical (unpaired) electrons. The quantitative estimate of drug-likeness (QED) is 0.776. The summed E-state index contributed by atoms with van der Waals surface area (Å²) in [5, 5.41) is 5.45. The maximum Gasteiger partial charge on any atom is 0.315 e. The van der Waals surface area contributed by atoms with E-state index in [2.05, 4.69) is 10.6 Å². The zero-order valence-electron chi connectivity index (χ0n) is 16.8. The summed E-state index contributed by atoms with van der Waals surface area (Å²) in [5.74, 6) is 1.19. The van der Waals surface area contributed by atoms with Crippen LogP contribution in [0, 0.1) is 0 Å². The first kappa shape index (κ1) is 21.6. The molecule has 0 aliphatic carbocycles. The Kier molecular flexibility index (Phi) is 7.74. The minimum Gasteiger partial charge on any atom is -0.493 e. The molecule has 0 spiro atoms. The van der Waals surface area contributed by atoms with Gasteiger partial charge in [-0.2, -0.15) is 0 Å². The smallest absolute Gasteiger partial charge is 0.315 e. The van der Waals surface area contributed by atoms with Gasteiger partial charge >= 0.3 is 6.03 Å². The van der Waals surface area contributed by atoms with E-state index in [1.807, 2.05) is 39.0 Å². The number of rotatable bonds is 7. The molecule has 26 heavy (non-hydrogen) atoms. The molecule has 0 aliphatic rings. The molecule has 3 amide bonds. The van der Waals surface area contributed by atoms with Gasteiger partial charge in [0.1, 0.15) is 6.04 Å². The van der Waals surface area contributed by atoms with E-state index in [0.717, 1.165) is 5.56 Å². The molecule has 0 aromatic heterocycles. The Morgan fingerprint density at radius 3 is 2.31 bits per heavy atom. The lowest BCUT2D eigenvalue weighted by Gasteiger charge is -2.25. The Morgan fingerprint density at radius 2 is 1.77 bits per heavy atom. The summed E-state index contributed by atoms with van der Waals surface area (Å²) in [5.41, 5.74) is 0.681. The van der Waals surface area contributed by atoms with Gasteiger partial charge in [-0.05, 0) is 51.8 Å². The van der Waals surface area contributed by atoms with Crippen LogP contribution in [-0.2, 0) is 11.2 Å². The van der Waals surface area contributed by atoms with Gasteiger partial charge in [-0.15, -0.1) is 0 Å². The molecule has 0 fully saturated rings. The maximum absolute atomic E-state index is 12.4. The lowest BCUT2D eigenvalue weighted by Crippen LogP contribution is -2.53. The van der Waals surface area contributed by atoms with Crippen molar-refractivity contribution in [3.63, 3.8) is 0 Å². The number of amides is 3. The first-order chi connectivity index (χ1) is 12.1. The third-order valence-electron chi connectivity index (χ3n) is 3.77. The van der Waals surface area contributed by atoms with Crippen LogP contribution < -0.4 is 20.1 Å². The van der Waals surface area contributed by atoms with Crippen LogP contribution in [0.15, 0.2) is 18.2 Å². The van der Waals surface area contributed by atoms with E-state index in [0.29, 0.717) is 24.5 Å². The monoisotopic (exact) mass is 365 g/mol. The maximum atomic E-state index is 12.4. The van der Waals surface area contributed by atoms with E-state index in [9.17, 15) is 9.59 Å². The first-order valence-electron chi connectivity index (χ1n) is 8.62. The molecule has 1 rings (SSSR count). The fraction of sp³-hybridized carbons (Fsp3) is 0.579. The van der Waals surface area contributed by atoms with Crippen LogP contribution in [0.4, 0.5) is 4.79 Å². The summed E-state index contributed by atoms with van der Waals surface area (Å²) in [6.07, 6.45) is 0.670. The minimum absolute atomic E-state index is 0.144. The van der Waals surface area contributed by atoms with Crippen molar-refractivity contribution in [2.45, 2.75) is 45.7 Å². The van der Waals surface area contributed by atoms with E-state index in [-0.39, 0.29) is 17.5 Å². The normalized spacial score (nSPS) is 12.1. The van der Waals surface area contributed by atoms with Gasteiger partial charge in [0.05, 0.1) is 14.2 Å². The number of hydrogen-bond acceptors (Lipinski definition) is 4. The van der Waals surface area contributed by atoms with Crippen molar-refractivity contribution >= 4 is 11.9 Å². The molecule has 2 N–H and O–H groups in total. The van der Waals surface area contributed by atoms with Crippen molar-refractivity contribution in [3.8, 4) is 11.5 Å². The molecule has 0 aliphatic heterocycles. The zero-order chi connectivity index (χ0) is 19.9. The molecule has 146 valence electrons. The van der Waals surface area contributed by atoms with Crippen LogP contribution in [0.3, 0.4) is 0 Å². The number of carbonyl (C=O) groups excluding carboxylic acids is 2. The van der Waals surface area contributed by atoms with Gasteiger partial charge in [0.2, 0.25) is 5.91 Å². The predicted molar refractivity (Wildman–Crippen MR) is 102 cm³/mol. The molecule has 7 heteroatoms. The van der Waals surface area contributed by atoms with E-state index in [1.54, 1.807) is 33.1 Å². The van der Waals surface area contributed by atoms with E-state index >= 15 is 0 Å². The Morgan fingerprint density at radius 1 is 1.15 bits per heavy atom. The number of ether oxygens (including phenoxy) is 2. The average Bonchev–Trinajstić information content (AvgIpc) is 2.56. The molecule has 0 saturated carbocycles. The van der Waals surface area contributed by atoms with Crippen LogP contribution in [0.1, 0.15) is 33.3 Å². The second-order valence-corrected chi connectivity index (χ2v) is 7.27. The van der Waals surface area contributed by atoms with Gasteiger partial charge < -0.3 is 25.0 Å². The number of likely N-dealkylation sites (N-methyl/N-ethyl adjacent to an activating group) is 1. The van der Waals surface area contributed by atoms with Gasteiger partial charge in [0.25, 0.3) is 0 Å². The topological polar surface area (TPSA) is 79.9 Å². The summed E-state index contributed by atoms with van der Waals surface area (Å²) in [7, 11) is 4.91. The molecular weight excluding hydrogens is 334 g/mol.